The lowest BCUT2D eigenvalue weighted by molar-refractivity contribution is 0.0744. The van der Waals surface area contributed by atoms with Gasteiger partial charge in [0.15, 0.2) is 5.76 Å². The molecule has 0 saturated heterocycles. The largest absolute Gasteiger partial charge is 0.463 e. The second-order valence-corrected chi connectivity index (χ2v) is 6.25. The van der Waals surface area contributed by atoms with Gasteiger partial charge in [0.1, 0.15) is 5.69 Å². The standard InChI is InChI=1S/C19H21N3O3/c1-3-22(4-2)19(23)17-15(20)14-11-7-5-8-12(11)16(21-18(14)25-17)13-9-6-10-24-13/h6,9-10H,3-5,7-8,20H2,1-2H3. The second-order valence-electron chi connectivity index (χ2n) is 6.25. The summed E-state index contributed by atoms with van der Waals surface area (Å²) in [6, 6.07) is 3.73. The summed E-state index contributed by atoms with van der Waals surface area (Å²) < 4.78 is 11.4. The van der Waals surface area contributed by atoms with Gasteiger partial charge in [-0.25, -0.2) is 4.98 Å². The summed E-state index contributed by atoms with van der Waals surface area (Å²) in [5, 5.41) is 0.790. The zero-order valence-electron chi connectivity index (χ0n) is 14.5. The first-order valence-corrected chi connectivity index (χ1v) is 8.72. The van der Waals surface area contributed by atoms with Crippen LogP contribution in [-0.2, 0) is 12.8 Å². The van der Waals surface area contributed by atoms with Crippen molar-refractivity contribution in [2.24, 2.45) is 0 Å². The maximum atomic E-state index is 12.7. The quantitative estimate of drug-likeness (QED) is 0.784. The molecule has 3 aromatic rings. The molecule has 0 bridgehead atoms. The minimum Gasteiger partial charge on any atom is -0.463 e. The van der Waals surface area contributed by atoms with Gasteiger partial charge in [-0.2, -0.15) is 0 Å². The Hall–Kier alpha value is -2.76. The minimum absolute atomic E-state index is 0.188. The molecule has 25 heavy (non-hydrogen) atoms. The van der Waals surface area contributed by atoms with Gasteiger partial charge in [0.25, 0.3) is 5.91 Å². The number of carbonyl (C=O) groups excluding carboxylic acids is 1. The first-order chi connectivity index (χ1) is 12.2. The van der Waals surface area contributed by atoms with E-state index in [2.05, 4.69) is 4.98 Å². The van der Waals surface area contributed by atoms with E-state index in [1.54, 1.807) is 11.2 Å². The third-order valence-corrected chi connectivity index (χ3v) is 4.94. The van der Waals surface area contributed by atoms with Crippen molar-refractivity contribution in [1.82, 2.24) is 9.88 Å². The summed E-state index contributed by atoms with van der Waals surface area (Å²) in [6.07, 6.45) is 4.51. The highest BCUT2D eigenvalue weighted by Crippen LogP contribution is 2.40. The van der Waals surface area contributed by atoms with Crippen molar-refractivity contribution >= 4 is 22.7 Å². The molecule has 0 spiro atoms. The van der Waals surface area contributed by atoms with Crippen LogP contribution in [0.1, 0.15) is 41.9 Å². The molecule has 0 aromatic carbocycles. The normalized spacial score (nSPS) is 13.4. The molecule has 1 aliphatic rings. The number of nitrogens with two attached hydrogens (primary N) is 1. The molecule has 3 aromatic heterocycles. The summed E-state index contributed by atoms with van der Waals surface area (Å²) in [4.78, 5) is 19.1. The van der Waals surface area contributed by atoms with Crippen molar-refractivity contribution < 1.29 is 13.6 Å². The van der Waals surface area contributed by atoms with Gasteiger partial charge in [-0.1, -0.05) is 0 Å². The van der Waals surface area contributed by atoms with Gasteiger partial charge in [0.05, 0.1) is 17.3 Å². The Morgan fingerprint density at radius 1 is 1.28 bits per heavy atom. The number of rotatable bonds is 4. The molecule has 0 saturated carbocycles. The van der Waals surface area contributed by atoms with E-state index in [9.17, 15) is 4.79 Å². The lowest BCUT2D eigenvalue weighted by Crippen LogP contribution is -2.30. The van der Waals surface area contributed by atoms with Crippen LogP contribution >= 0.6 is 0 Å². The zero-order chi connectivity index (χ0) is 17.6. The van der Waals surface area contributed by atoms with Gasteiger partial charge in [0, 0.05) is 13.1 Å². The molecular formula is C19H21N3O3. The van der Waals surface area contributed by atoms with Gasteiger partial charge in [-0.3, -0.25) is 4.79 Å². The summed E-state index contributed by atoms with van der Waals surface area (Å²) in [7, 11) is 0. The van der Waals surface area contributed by atoms with Crippen LogP contribution < -0.4 is 5.73 Å². The van der Waals surface area contributed by atoms with Crippen molar-refractivity contribution in [3.8, 4) is 11.5 Å². The molecule has 0 atom stereocenters. The molecule has 0 radical (unpaired) electrons. The number of anilines is 1. The second kappa shape index (κ2) is 5.95. The fraction of sp³-hybridized carbons (Fsp3) is 0.368. The maximum Gasteiger partial charge on any atom is 0.291 e. The number of nitrogen functional groups attached to an aromatic ring is 1. The predicted octanol–water partition coefficient (Wildman–Crippen LogP) is 3.64. The molecule has 1 amide bonds. The Labute approximate surface area is 145 Å². The molecule has 2 N–H and O–H groups in total. The van der Waals surface area contributed by atoms with E-state index >= 15 is 0 Å². The Kier molecular flexibility index (Phi) is 3.75. The molecule has 0 aliphatic heterocycles. The van der Waals surface area contributed by atoms with Crippen molar-refractivity contribution in [2.75, 3.05) is 18.8 Å². The number of aryl methyl sites for hydroxylation is 1. The smallest absolute Gasteiger partial charge is 0.291 e. The number of aromatic nitrogens is 1. The first kappa shape index (κ1) is 15.7. The molecular weight excluding hydrogens is 318 g/mol. The van der Waals surface area contributed by atoms with Gasteiger partial charge in [-0.05, 0) is 56.4 Å². The van der Waals surface area contributed by atoms with Gasteiger partial charge < -0.3 is 19.5 Å². The van der Waals surface area contributed by atoms with Gasteiger partial charge in [-0.15, -0.1) is 0 Å². The van der Waals surface area contributed by atoms with E-state index in [-0.39, 0.29) is 11.7 Å². The van der Waals surface area contributed by atoms with Gasteiger partial charge in [0.2, 0.25) is 11.5 Å². The fourth-order valence-electron chi connectivity index (χ4n) is 3.68. The van der Waals surface area contributed by atoms with Crippen LogP contribution in [-0.4, -0.2) is 28.9 Å². The topological polar surface area (TPSA) is 85.5 Å². The SMILES string of the molecule is CCN(CC)C(=O)c1oc2nc(-c3ccco3)c3c(c2c1N)CCC3. The highest BCUT2D eigenvalue weighted by atomic mass is 16.4. The number of fused-ring (bicyclic) bond motifs is 3. The fourth-order valence-corrected chi connectivity index (χ4v) is 3.68. The Bertz CT molecular complexity index is 937. The maximum absolute atomic E-state index is 12.7. The molecule has 6 nitrogen and oxygen atoms in total. The first-order valence-electron chi connectivity index (χ1n) is 8.72. The van der Waals surface area contributed by atoms with E-state index in [0.717, 1.165) is 41.5 Å². The average molecular weight is 339 g/mol. The summed E-state index contributed by atoms with van der Waals surface area (Å²) in [6.45, 7) is 5.08. The molecule has 4 rings (SSSR count). The summed E-state index contributed by atoms with van der Waals surface area (Å²) in [5.74, 6) is 0.718. The Balaban J connectivity index is 1.94. The van der Waals surface area contributed by atoms with E-state index in [1.165, 1.54) is 0 Å². The molecule has 6 heteroatoms. The number of hydrogen-bond acceptors (Lipinski definition) is 5. The molecule has 3 heterocycles. The number of hydrogen-bond donors (Lipinski definition) is 1. The van der Waals surface area contributed by atoms with Crippen LogP contribution in [0.3, 0.4) is 0 Å². The highest BCUT2D eigenvalue weighted by Gasteiger charge is 2.29. The lowest BCUT2D eigenvalue weighted by Gasteiger charge is -2.16. The third kappa shape index (κ3) is 2.32. The predicted molar refractivity (Wildman–Crippen MR) is 95.4 cm³/mol. The Morgan fingerprint density at radius 3 is 2.72 bits per heavy atom. The van der Waals surface area contributed by atoms with Crippen molar-refractivity contribution in [1.29, 1.82) is 0 Å². The number of amides is 1. The molecule has 0 unspecified atom stereocenters. The van der Waals surface area contributed by atoms with Crippen LogP contribution in [0.5, 0.6) is 0 Å². The third-order valence-electron chi connectivity index (χ3n) is 4.94. The van der Waals surface area contributed by atoms with Crippen molar-refractivity contribution in [2.45, 2.75) is 33.1 Å². The average Bonchev–Trinajstić information content (AvgIpc) is 3.34. The van der Waals surface area contributed by atoms with Crippen LogP contribution in [0.4, 0.5) is 5.69 Å². The molecule has 1 aliphatic carbocycles. The van der Waals surface area contributed by atoms with E-state index in [1.807, 2.05) is 26.0 Å². The van der Waals surface area contributed by atoms with E-state index in [4.69, 9.17) is 14.6 Å². The van der Waals surface area contributed by atoms with E-state index in [0.29, 0.717) is 30.3 Å². The van der Waals surface area contributed by atoms with Crippen molar-refractivity contribution in [3.05, 3.63) is 35.3 Å². The number of carbonyl (C=O) groups is 1. The van der Waals surface area contributed by atoms with Crippen LogP contribution in [0.2, 0.25) is 0 Å². The molecule has 130 valence electrons. The van der Waals surface area contributed by atoms with E-state index < -0.39 is 0 Å². The summed E-state index contributed by atoms with van der Waals surface area (Å²) >= 11 is 0. The zero-order valence-corrected chi connectivity index (χ0v) is 14.5. The van der Waals surface area contributed by atoms with Crippen LogP contribution in [0, 0.1) is 0 Å². The van der Waals surface area contributed by atoms with Crippen molar-refractivity contribution in [3.63, 3.8) is 0 Å². The Morgan fingerprint density at radius 2 is 2.04 bits per heavy atom. The van der Waals surface area contributed by atoms with Crippen LogP contribution in [0.25, 0.3) is 22.6 Å². The number of furan rings is 2. The van der Waals surface area contributed by atoms with Crippen LogP contribution in [0.15, 0.2) is 27.2 Å². The number of nitrogens with zero attached hydrogens (tertiary/aromatic N) is 2. The minimum atomic E-state index is -0.188. The molecule has 0 fully saturated rings. The summed E-state index contributed by atoms with van der Waals surface area (Å²) in [5.41, 5.74) is 10.2. The highest BCUT2D eigenvalue weighted by molar-refractivity contribution is 6.06. The number of pyridine rings is 1. The van der Waals surface area contributed by atoms with Gasteiger partial charge >= 0.3 is 0 Å². The lowest BCUT2D eigenvalue weighted by atomic mass is 10.0. The monoisotopic (exact) mass is 339 g/mol.